The first-order valence-electron chi connectivity index (χ1n) is 34.6. The number of carbonyl (C=O) groups is 3. The van der Waals surface area contributed by atoms with Crippen LogP contribution in [0.4, 0.5) is 0 Å². The van der Waals surface area contributed by atoms with Gasteiger partial charge in [0.1, 0.15) is 13.2 Å². The number of allylic oxidation sites excluding steroid dienone is 14. The minimum Gasteiger partial charge on any atom is -0.462 e. The fraction of sp³-hybridized carbons (Fsp3) is 0.770. The number of hydrogen-bond donors (Lipinski definition) is 0. The molecule has 0 fully saturated rings. The molecular formula is C74H130O6. The van der Waals surface area contributed by atoms with Crippen LogP contribution in [0.5, 0.6) is 0 Å². The largest absolute Gasteiger partial charge is 0.462 e. The van der Waals surface area contributed by atoms with E-state index in [9.17, 15) is 14.4 Å². The maximum absolute atomic E-state index is 13.0. The van der Waals surface area contributed by atoms with Crippen LogP contribution in [0.15, 0.2) is 85.1 Å². The van der Waals surface area contributed by atoms with E-state index in [1.807, 2.05) is 0 Å². The summed E-state index contributed by atoms with van der Waals surface area (Å²) in [6, 6.07) is 0. The van der Waals surface area contributed by atoms with Gasteiger partial charge in [0.25, 0.3) is 0 Å². The van der Waals surface area contributed by atoms with Crippen molar-refractivity contribution in [1.29, 1.82) is 0 Å². The summed E-state index contributed by atoms with van der Waals surface area (Å²) in [7, 11) is 0. The highest BCUT2D eigenvalue weighted by Crippen LogP contribution is 2.17. The van der Waals surface area contributed by atoms with Gasteiger partial charge in [-0.15, -0.1) is 0 Å². The molecule has 0 bridgehead atoms. The molecule has 0 radical (unpaired) electrons. The van der Waals surface area contributed by atoms with Gasteiger partial charge in [0.2, 0.25) is 0 Å². The van der Waals surface area contributed by atoms with Gasteiger partial charge in [-0.2, -0.15) is 0 Å². The highest BCUT2D eigenvalue weighted by atomic mass is 16.6. The summed E-state index contributed by atoms with van der Waals surface area (Å²) in [5.41, 5.74) is 0. The molecule has 0 N–H and O–H groups in total. The molecule has 1 atom stereocenters. The zero-order chi connectivity index (χ0) is 57.8. The van der Waals surface area contributed by atoms with Crippen molar-refractivity contribution in [2.75, 3.05) is 13.2 Å². The molecule has 6 nitrogen and oxygen atoms in total. The molecule has 0 aliphatic heterocycles. The first-order chi connectivity index (χ1) is 39.5. The third kappa shape index (κ3) is 65.4. The molecule has 0 aromatic carbocycles. The van der Waals surface area contributed by atoms with Crippen LogP contribution in [-0.4, -0.2) is 37.2 Å². The number of hydrogen-bond acceptors (Lipinski definition) is 6. The van der Waals surface area contributed by atoms with Gasteiger partial charge in [0.15, 0.2) is 6.10 Å². The smallest absolute Gasteiger partial charge is 0.306 e. The quantitative estimate of drug-likeness (QED) is 0.0261. The van der Waals surface area contributed by atoms with E-state index in [-0.39, 0.29) is 31.1 Å². The number of unbranched alkanes of at least 4 members (excludes halogenated alkanes) is 38. The van der Waals surface area contributed by atoms with Gasteiger partial charge in [-0.3, -0.25) is 14.4 Å². The average molecular weight is 1120 g/mol. The Bertz CT molecular complexity index is 1520. The Hall–Kier alpha value is -3.41. The summed E-state index contributed by atoms with van der Waals surface area (Å²) in [6.45, 7) is 6.55. The predicted octanol–water partition coefficient (Wildman–Crippen LogP) is 23.8. The molecule has 0 heterocycles. The monoisotopic (exact) mass is 1110 g/mol. The zero-order valence-electron chi connectivity index (χ0n) is 53.1. The fourth-order valence-corrected chi connectivity index (χ4v) is 9.93. The van der Waals surface area contributed by atoms with E-state index >= 15 is 0 Å². The Morgan fingerprint density at radius 3 is 0.775 bits per heavy atom. The molecule has 0 aliphatic rings. The summed E-state index contributed by atoms with van der Waals surface area (Å²) >= 11 is 0. The van der Waals surface area contributed by atoms with Crippen LogP contribution in [0, 0.1) is 0 Å². The number of ether oxygens (including phenoxy) is 3. The van der Waals surface area contributed by atoms with Crippen LogP contribution in [0.2, 0.25) is 0 Å². The Morgan fingerprint density at radius 2 is 0.487 bits per heavy atom. The molecule has 462 valence electrons. The molecule has 0 saturated heterocycles. The molecule has 0 rings (SSSR count). The van der Waals surface area contributed by atoms with Crippen molar-refractivity contribution in [3.63, 3.8) is 0 Å². The lowest BCUT2D eigenvalue weighted by Gasteiger charge is -2.18. The summed E-state index contributed by atoms with van der Waals surface area (Å²) < 4.78 is 17.0. The van der Waals surface area contributed by atoms with Crippen molar-refractivity contribution < 1.29 is 28.6 Å². The van der Waals surface area contributed by atoms with Crippen molar-refractivity contribution in [1.82, 2.24) is 0 Å². The van der Waals surface area contributed by atoms with Crippen molar-refractivity contribution in [2.24, 2.45) is 0 Å². The Labute approximate surface area is 496 Å². The van der Waals surface area contributed by atoms with Crippen molar-refractivity contribution in [3.05, 3.63) is 85.1 Å². The second-order valence-electron chi connectivity index (χ2n) is 23.1. The Kier molecular flexibility index (Phi) is 65.2. The lowest BCUT2D eigenvalue weighted by Crippen LogP contribution is -2.30. The maximum Gasteiger partial charge on any atom is 0.306 e. The van der Waals surface area contributed by atoms with E-state index in [0.29, 0.717) is 19.3 Å². The molecule has 0 saturated carbocycles. The predicted molar refractivity (Wildman–Crippen MR) is 348 cm³/mol. The number of carbonyl (C=O) groups excluding carboxylic acids is 3. The van der Waals surface area contributed by atoms with Crippen molar-refractivity contribution >= 4 is 17.9 Å². The molecule has 0 spiro atoms. The molecule has 1 unspecified atom stereocenters. The van der Waals surface area contributed by atoms with Crippen molar-refractivity contribution in [2.45, 2.75) is 354 Å². The van der Waals surface area contributed by atoms with Crippen LogP contribution < -0.4 is 0 Å². The van der Waals surface area contributed by atoms with Gasteiger partial charge < -0.3 is 14.2 Å². The van der Waals surface area contributed by atoms with Gasteiger partial charge >= 0.3 is 17.9 Å². The van der Waals surface area contributed by atoms with Crippen LogP contribution in [0.1, 0.15) is 348 Å². The third-order valence-electron chi connectivity index (χ3n) is 15.1. The van der Waals surface area contributed by atoms with Gasteiger partial charge in [0, 0.05) is 19.3 Å². The van der Waals surface area contributed by atoms with Gasteiger partial charge in [-0.1, -0.05) is 298 Å². The lowest BCUT2D eigenvalue weighted by atomic mass is 10.0. The average Bonchev–Trinajstić information content (AvgIpc) is 3.46. The first kappa shape index (κ1) is 76.6. The molecule has 0 aromatic heterocycles. The molecule has 0 amide bonds. The molecular weight excluding hydrogens is 985 g/mol. The van der Waals surface area contributed by atoms with E-state index in [1.165, 1.54) is 212 Å². The minimum atomic E-state index is -0.786. The van der Waals surface area contributed by atoms with Gasteiger partial charge in [-0.05, 0) is 116 Å². The normalized spacial score (nSPS) is 12.6. The topological polar surface area (TPSA) is 78.9 Å². The van der Waals surface area contributed by atoms with Crippen molar-refractivity contribution in [3.8, 4) is 0 Å². The van der Waals surface area contributed by atoms with E-state index < -0.39 is 6.10 Å². The molecule has 80 heavy (non-hydrogen) atoms. The third-order valence-corrected chi connectivity index (χ3v) is 15.1. The summed E-state index contributed by atoms with van der Waals surface area (Å²) in [5.74, 6) is -0.878. The standard InChI is InChI=1S/C74H130O6/c1-4-7-10-13-16-19-22-25-28-31-34-36-37-39-40-43-46-49-52-55-58-61-64-67-73(76)79-70-71(69-78-72(75)66-63-60-57-54-51-48-45-42-33-30-27-24-21-18-15-12-9-6-3)80-74(77)68-65-62-59-56-53-50-47-44-41-38-35-32-29-26-23-20-17-14-11-8-5-2/h8,11,17,20,22,25-26,29-31,33-35,38,71H,4-7,9-10,12-16,18-19,21,23-24,27-28,32,36-37,39-70H2,1-3H3/b11-8-,20-17-,25-22-,29-26-,33-30-,34-31-,38-35-. The first-order valence-corrected chi connectivity index (χ1v) is 34.6. The van der Waals surface area contributed by atoms with Gasteiger partial charge in [-0.25, -0.2) is 0 Å². The summed E-state index contributed by atoms with van der Waals surface area (Å²) in [4.78, 5) is 38.5. The van der Waals surface area contributed by atoms with Crippen LogP contribution in [0.25, 0.3) is 0 Å². The second kappa shape index (κ2) is 68.1. The zero-order valence-corrected chi connectivity index (χ0v) is 53.1. The Morgan fingerprint density at radius 1 is 0.263 bits per heavy atom. The maximum atomic E-state index is 13.0. The SMILES string of the molecule is CC/C=C\C/C=C\C/C=C\C/C=C\CCCCCCCCCCC(=O)OC(COC(=O)CCCCCCCCC/C=C\CCCCCCCCC)COC(=O)CCCCCCCCCCCCC/C=C\C/C=C\CCCCCCC. The van der Waals surface area contributed by atoms with Gasteiger partial charge in [0.05, 0.1) is 0 Å². The molecule has 0 aliphatic carbocycles. The Balaban J connectivity index is 4.38. The van der Waals surface area contributed by atoms with E-state index in [1.54, 1.807) is 0 Å². The fourth-order valence-electron chi connectivity index (χ4n) is 9.93. The summed E-state index contributed by atoms with van der Waals surface area (Å²) in [5, 5.41) is 0. The second-order valence-corrected chi connectivity index (χ2v) is 23.1. The van der Waals surface area contributed by atoms with Crippen LogP contribution in [0.3, 0.4) is 0 Å². The molecule has 6 heteroatoms. The van der Waals surface area contributed by atoms with E-state index in [0.717, 1.165) is 96.3 Å². The lowest BCUT2D eigenvalue weighted by molar-refractivity contribution is -0.167. The summed E-state index contributed by atoms with van der Waals surface area (Å²) in [6.07, 6.45) is 90.2. The van der Waals surface area contributed by atoms with Crippen LogP contribution in [-0.2, 0) is 28.6 Å². The number of esters is 3. The molecule has 0 aromatic rings. The highest BCUT2D eigenvalue weighted by molar-refractivity contribution is 5.71. The van der Waals surface area contributed by atoms with Crippen LogP contribution >= 0.6 is 0 Å². The van der Waals surface area contributed by atoms with E-state index in [4.69, 9.17) is 14.2 Å². The highest BCUT2D eigenvalue weighted by Gasteiger charge is 2.19. The minimum absolute atomic E-state index is 0.0806. The van der Waals surface area contributed by atoms with E-state index in [2.05, 4.69) is 106 Å². The number of rotatable bonds is 63.